The Kier molecular flexibility index (Phi) is 3.02. The van der Waals surface area contributed by atoms with E-state index in [2.05, 4.69) is 19.7 Å². The quantitative estimate of drug-likeness (QED) is 0.636. The van der Waals surface area contributed by atoms with Crippen LogP contribution in [-0.4, -0.2) is 18.4 Å². The molecule has 11 heavy (non-hydrogen) atoms. The van der Waals surface area contributed by atoms with Gasteiger partial charge in [-0.1, -0.05) is 17.1 Å². The predicted octanol–water partition coefficient (Wildman–Crippen LogP) is 1.92. The van der Waals surface area contributed by atoms with Gasteiger partial charge in [-0.2, -0.15) is 0 Å². The molecule has 0 aromatic rings. The number of hydrogen-bond donors (Lipinski definition) is 1. The molecule has 0 fully saturated rings. The van der Waals surface area contributed by atoms with Gasteiger partial charge in [0.15, 0.2) is 8.07 Å². The summed E-state index contributed by atoms with van der Waals surface area (Å²) in [5.74, 6) is 0. The first-order chi connectivity index (χ1) is 4.93. The molecule has 0 aliphatic heterocycles. The second-order valence-corrected chi connectivity index (χ2v) is 7.42. The Bertz CT molecular complexity index is 155. The average molecular weight is 168 g/mol. The summed E-state index contributed by atoms with van der Waals surface area (Å²) in [5.41, 5.74) is 5.35. The van der Waals surface area contributed by atoms with Gasteiger partial charge in [0.05, 0.1) is 5.22 Å². The lowest BCUT2D eigenvalue weighted by molar-refractivity contribution is 0.160. The molecule has 0 saturated carbocycles. The zero-order valence-corrected chi connectivity index (χ0v) is 8.30. The molecule has 0 amide bonds. The van der Waals surface area contributed by atoms with Crippen molar-refractivity contribution in [1.29, 1.82) is 0 Å². The molecule has 0 heterocycles. The standard InChI is InChI=1S/C9H16OSi/c1-6-11(7-2,8-3)9(4,5)10/h6-8,10H,1-3H2,4-5H3. The largest absolute Gasteiger partial charge is 0.393 e. The summed E-state index contributed by atoms with van der Waals surface area (Å²) < 4.78 is 0. The molecule has 2 heteroatoms. The minimum Gasteiger partial charge on any atom is -0.393 e. The number of rotatable bonds is 4. The van der Waals surface area contributed by atoms with Crippen molar-refractivity contribution in [2.75, 3.05) is 0 Å². The van der Waals surface area contributed by atoms with Crippen LogP contribution in [0.3, 0.4) is 0 Å². The van der Waals surface area contributed by atoms with Gasteiger partial charge in [0, 0.05) is 0 Å². The fourth-order valence-electron chi connectivity index (χ4n) is 0.999. The van der Waals surface area contributed by atoms with E-state index in [4.69, 9.17) is 0 Å². The Morgan fingerprint density at radius 1 is 1.09 bits per heavy atom. The molecule has 0 rings (SSSR count). The lowest BCUT2D eigenvalue weighted by Crippen LogP contribution is -2.50. The van der Waals surface area contributed by atoms with Crippen LogP contribution in [0.4, 0.5) is 0 Å². The first-order valence-electron chi connectivity index (χ1n) is 3.56. The highest BCUT2D eigenvalue weighted by Gasteiger charge is 2.38. The molecule has 0 aliphatic rings. The fourth-order valence-corrected chi connectivity index (χ4v) is 3.00. The molecular formula is C9H16OSi. The topological polar surface area (TPSA) is 20.2 Å². The van der Waals surface area contributed by atoms with Crippen LogP contribution >= 0.6 is 0 Å². The van der Waals surface area contributed by atoms with Crippen molar-refractivity contribution < 1.29 is 5.11 Å². The first-order valence-corrected chi connectivity index (χ1v) is 5.80. The van der Waals surface area contributed by atoms with Crippen molar-refractivity contribution in [2.24, 2.45) is 0 Å². The Labute approximate surface area is 69.8 Å². The lowest BCUT2D eigenvalue weighted by Gasteiger charge is -2.33. The minimum absolute atomic E-state index is 0.752. The summed E-state index contributed by atoms with van der Waals surface area (Å²) in [5, 5.41) is 9.02. The zero-order chi connectivity index (χ0) is 9.12. The van der Waals surface area contributed by atoms with E-state index in [1.807, 2.05) is 0 Å². The minimum atomic E-state index is -2.07. The van der Waals surface area contributed by atoms with E-state index in [1.54, 1.807) is 30.9 Å². The van der Waals surface area contributed by atoms with E-state index in [-0.39, 0.29) is 0 Å². The average Bonchev–Trinajstić information content (AvgIpc) is 1.90. The summed E-state index contributed by atoms with van der Waals surface area (Å²) in [6.07, 6.45) is 0. The SMILES string of the molecule is C=C[Si](C=C)(C=C)C(C)(C)O. The molecular weight excluding hydrogens is 152 g/mol. The highest BCUT2D eigenvalue weighted by Crippen LogP contribution is 2.22. The van der Waals surface area contributed by atoms with Crippen LogP contribution in [0, 0.1) is 0 Å². The molecule has 0 aromatic carbocycles. The molecule has 0 unspecified atom stereocenters. The molecule has 0 aliphatic carbocycles. The van der Waals surface area contributed by atoms with Crippen LogP contribution in [0.15, 0.2) is 36.8 Å². The van der Waals surface area contributed by atoms with Crippen molar-refractivity contribution in [3.63, 3.8) is 0 Å². The van der Waals surface area contributed by atoms with Gasteiger partial charge in [0.2, 0.25) is 0 Å². The van der Waals surface area contributed by atoms with E-state index >= 15 is 0 Å². The van der Waals surface area contributed by atoms with Gasteiger partial charge in [-0.3, -0.25) is 0 Å². The molecule has 62 valence electrons. The second-order valence-electron chi connectivity index (χ2n) is 3.10. The van der Waals surface area contributed by atoms with E-state index < -0.39 is 13.3 Å². The van der Waals surface area contributed by atoms with Gasteiger partial charge in [0.1, 0.15) is 0 Å². The van der Waals surface area contributed by atoms with Crippen molar-refractivity contribution in [3.8, 4) is 0 Å². The Morgan fingerprint density at radius 2 is 1.36 bits per heavy atom. The van der Waals surface area contributed by atoms with Crippen LogP contribution in [0.1, 0.15) is 13.8 Å². The van der Waals surface area contributed by atoms with E-state index in [1.165, 1.54) is 0 Å². The summed E-state index contributed by atoms with van der Waals surface area (Å²) in [6, 6.07) is 0. The Hall–Kier alpha value is -0.603. The smallest absolute Gasteiger partial charge is 0.158 e. The van der Waals surface area contributed by atoms with Gasteiger partial charge in [-0.25, -0.2) is 0 Å². The van der Waals surface area contributed by atoms with Crippen LogP contribution in [0.25, 0.3) is 0 Å². The zero-order valence-electron chi connectivity index (χ0n) is 7.30. The van der Waals surface area contributed by atoms with Crippen molar-refractivity contribution >= 4 is 8.07 Å². The fraction of sp³-hybridized carbons (Fsp3) is 0.333. The molecule has 0 bridgehead atoms. The maximum atomic E-state index is 9.78. The molecule has 1 N–H and O–H groups in total. The highest BCUT2D eigenvalue weighted by molar-refractivity contribution is 6.95. The van der Waals surface area contributed by atoms with Crippen LogP contribution in [0.2, 0.25) is 0 Å². The van der Waals surface area contributed by atoms with Gasteiger partial charge in [0.25, 0.3) is 0 Å². The third-order valence-electron chi connectivity index (χ3n) is 2.07. The van der Waals surface area contributed by atoms with Gasteiger partial charge >= 0.3 is 0 Å². The normalized spacial score (nSPS) is 12.3. The molecule has 0 spiro atoms. The highest BCUT2D eigenvalue weighted by atomic mass is 28.3. The Morgan fingerprint density at radius 3 is 1.36 bits per heavy atom. The lowest BCUT2D eigenvalue weighted by atomic mass is 10.5. The number of hydrogen-bond acceptors (Lipinski definition) is 1. The summed E-state index contributed by atoms with van der Waals surface area (Å²) in [7, 11) is -2.07. The summed E-state index contributed by atoms with van der Waals surface area (Å²) >= 11 is 0. The summed E-state index contributed by atoms with van der Waals surface area (Å²) in [6.45, 7) is 14.6. The van der Waals surface area contributed by atoms with Gasteiger partial charge in [-0.15, -0.1) is 19.7 Å². The van der Waals surface area contributed by atoms with Crippen molar-refractivity contribution in [3.05, 3.63) is 36.8 Å². The third kappa shape index (κ3) is 1.70. The maximum absolute atomic E-state index is 9.78. The van der Waals surface area contributed by atoms with Gasteiger partial charge < -0.3 is 5.11 Å². The third-order valence-corrected chi connectivity index (χ3v) is 6.22. The monoisotopic (exact) mass is 168 g/mol. The van der Waals surface area contributed by atoms with Crippen LogP contribution < -0.4 is 0 Å². The van der Waals surface area contributed by atoms with Crippen molar-refractivity contribution in [2.45, 2.75) is 19.1 Å². The first kappa shape index (κ1) is 10.4. The van der Waals surface area contributed by atoms with E-state index in [0.717, 1.165) is 0 Å². The molecule has 0 saturated heterocycles. The molecule has 0 atom stereocenters. The second kappa shape index (κ2) is 3.20. The van der Waals surface area contributed by atoms with Crippen LogP contribution in [-0.2, 0) is 0 Å². The van der Waals surface area contributed by atoms with Crippen LogP contribution in [0.5, 0.6) is 0 Å². The summed E-state index contributed by atoms with van der Waals surface area (Å²) in [4.78, 5) is 0. The number of aliphatic hydroxyl groups is 1. The van der Waals surface area contributed by atoms with Gasteiger partial charge in [-0.05, 0) is 13.8 Å². The predicted molar refractivity (Wildman–Crippen MR) is 52.6 cm³/mol. The van der Waals surface area contributed by atoms with E-state index in [0.29, 0.717) is 0 Å². The molecule has 0 aromatic heterocycles. The van der Waals surface area contributed by atoms with Crippen molar-refractivity contribution in [1.82, 2.24) is 0 Å². The molecule has 1 nitrogen and oxygen atoms in total. The maximum Gasteiger partial charge on any atom is 0.158 e. The van der Waals surface area contributed by atoms with E-state index in [9.17, 15) is 5.11 Å². The Balaban J connectivity index is 4.99. The molecule has 0 radical (unpaired) electrons.